The van der Waals surface area contributed by atoms with Crippen LogP contribution in [0.3, 0.4) is 0 Å². The van der Waals surface area contributed by atoms with Gasteiger partial charge in [0.15, 0.2) is 0 Å². The molecule has 0 amide bonds. The van der Waals surface area contributed by atoms with E-state index in [4.69, 9.17) is 17.0 Å². The van der Waals surface area contributed by atoms with Crippen LogP contribution in [-0.4, -0.2) is 9.52 Å². The number of hydrogen-bond donors (Lipinski definition) is 0. The average Bonchev–Trinajstić information content (AvgIpc) is 3.58. The standard InChI is InChI=1S/2C20H21.C2H6Si.2ClH.Zr/c2*1-12-10-17-8-6-14(3)20(19(17)11-12)18-9-7-13(2)15(4)16(18)5;1-3-2;;;/h2*6-11H,1-5H3;1-2H3;2*1H;/q2*-1;;;;+4/p-2. The first-order chi connectivity index (χ1) is 21.8. The van der Waals surface area contributed by atoms with E-state index < -0.39 is 20.8 Å². The van der Waals surface area contributed by atoms with Crippen LogP contribution in [0.2, 0.25) is 13.1 Å². The third-order valence-electron chi connectivity index (χ3n) is 9.14. The monoisotopic (exact) mass is 740 g/mol. The van der Waals surface area contributed by atoms with Crippen LogP contribution in [0.5, 0.6) is 0 Å². The van der Waals surface area contributed by atoms with Gasteiger partial charge in [-0.15, -0.1) is 69.1 Å². The molecule has 6 rings (SSSR count). The number of hydrogen-bond acceptors (Lipinski definition) is 0. The van der Waals surface area contributed by atoms with Gasteiger partial charge in [0.25, 0.3) is 0 Å². The van der Waals surface area contributed by atoms with Crippen molar-refractivity contribution in [3.63, 3.8) is 0 Å². The molecule has 0 bridgehead atoms. The van der Waals surface area contributed by atoms with Crippen molar-refractivity contribution in [2.45, 2.75) is 82.3 Å². The normalized spacial score (nSPS) is 10.4. The van der Waals surface area contributed by atoms with E-state index in [-0.39, 0.29) is 0 Å². The molecule has 0 N–H and O–H groups in total. The van der Waals surface area contributed by atoms with Crippen molar-refractivity contribution in [3.8, 4) is 22.3 Å². The number of halogens is 2. The van der Waals surface area contributed by atoms with E-state index in [9.17, 15) is 0 Å². The summed E-state index contributed by atoms with van der Waals surface area (Å²) in [5, 5.41) is 5.46. The summed E-state index contributed by atoms with van der Waals surface area (Å²) in [6.07, 6.45) is 0. The summed E-state index contributed by atoms with van der Waals surface area (Å²) in [6, 6.07) is 27.2. The fraction of sp³-hybridized carbons (Fsp3) is 0.286. The Kier molecular flexibility index (Phi) is 14.3. The van der Waals surface area contributed by atoms with E-state index in [1.165, 1.54) is 99.4 Å². The van der Waals surface area contributed by atoms with Crippen LogP contribution in [0.1, 0.15) is 55.6 Å². The Morgan fingerprint density at radius 1 is 0.478 bits per heavy atom. The average molecular weight is 743 g/mol. The second kappa shape index (κ2) is 17.3. The molecule has 2 radical (unpaired) electrons. The van der Waals surface area contributed by atoms with Gasteiger partial charge in [0.05, 0.1) is 0 Å². The van der Waals surface area contributed by atoms with Crippen molar-refractivity contribution in [2.75, 3.05) is 0 Å². The van der Waals surface area contributed by atoms with Crippen LogP contribution in [0.15, 0.2) is 72.8 Å². The van der Waals surface area contributed by atoms with Gasteiger partial charge in [0.1, 0.15) is 0 Å². The molecule has 0 aliphatic heterocycles. The van der Waals surface area contributed by atoms with Crippen LogP contribution in [0.4, 0.5) is 0 Å². The van der Waals surface area contributed by atoms with Crippen molar-refractivity contribution in [3.05, 3.63) is 128 Å². The topological polar surface area (TPSA) is 0 Å². The molecule has 0 aromatic heterocycles. The molecule has 0 aliphatic carbocycles. The van der Waals surface area contributed by atoms with Crippen molar-refractivity contribution >= 4 is 48.1 Å². The van der Waals surface area contributed by atoms with Gasteiger partial charge in [0.2, 0.25) is 0 Å². The van der Waals surface area contributed by atoms with Gasteiger partial charge < -0.3 is 0 Å². The molecule has 0 heterocycles. The van der Waals surface area contributed by atoms with Crippen molar-refractivity contribution in [1.29, 1.82) is 0 Å². The van der Waals surface area contributed by atoms with Gasteiger partial charge in [-0.2, -0.15) is 12.1 Å². The van der Waals surface area contributed by atoms with Gasteiger partial charge in [-0.1, -0.05) is 73.5 Å². The summed E-state index contributed by atoms with van der Waals surface area (Å²) >= 11 is -0.826. The zero-order chi connectivity index (χ0) is 34.3. The first-order valence-electron chi connectivity index (χ1n) is 15.8. The zero-order valence-electron chi connectivity index (χ0n) is 29.7. The molecular weight excluding hydrogens is 695 g/mol. The van der Waals surface area contributed by atoms with Gasteiger partial charge in [-0.25, -0.2) is 0 Å². The summed E-state index contributed by atoms with van der Waals surface area (Å²) in [5.74, 6) is 0. The maximum absolute atomic E-state index is 4.93. The summed E-state index contributed by atoms with van der Waals surface area (Å²) in [5.41, 5.74) is 19.3. The molecule has 0 saturated heterocycles. The molecule has 0 aliphatic rings. The molecule has 6 aromatic rings. The first kappa shape index (κ1) is 38.2. The molecule has 6 aromatic carbocycles. The van der Waals surface area contributed by atoms with Crippen LogP contribution in [0.25, 0.3) is 43.8 Å². The van der Waals surface area contributed by atoms with Crippen molar-refractivity contribution < 1.29 is 20.8 Å². The summed E-state index contributed by atoms with van der Waals surface area (Å²) in [4.78, 5) is 0. The predicted octanol–water partition coefficient (Wildman–Crippen LogP) is 13.7. The minimum absolute atomic E-state index is 0.826. The van der Waals surface area contributed by atoms with E-state index in [0.717, 1.165) is 9.52 Å². The molecule has 238 valence electrons. The van der Waals surface area contributed by atoms with E-state index in [1.807, 2.05) is 0 Å². The molecule has 0 spiro atoms. The molecule has 46 heavy (non-hydrogen) atoms. The fourth-order valence-electron chi connectivity index (χ4n) is 6.25. The Balaban J connectivity index is 0.000000214. The maximum atomic E-state index is 4.93. The van der Waals surface area contributed by atoms with Gasteiger partial charge in [-0.3, -0.25) is 0 Å². The molecule has 0 nitrogen and oxygen atoms in total. The molecule has 0 saturated carbocycles. The molecular formula is C42H48Cl2SiZr. The first-order valence-corrected chi connectivity index (χ1v) is 24.2. The second-order valence-corrected chi connectivity index (χ2v) is 17.2. The number of rotatable bonds is 2. The third-order valence-corrected chi connectivity index (χ3v) is 9.14. The van der Waals surface area contributed by atoms with Crippen LogP contribution < -0.4 is 0 Å². The van der Waals surface area contributed by atoms with Gasteiger partial charge >= 0.3 is 37.9 Å². The Morgan fingerprint density at radius 3 is 1.11 bits per heavy atom. The third kappa shape index (κ3) is 8.62. The Labute approximate surface area is 299 Å². The summed E-state index contributed by atoms with van der Waals surface area (Å²) < 4.78 is 0. The number of aryl methyl sites for hydroxylation is 6. The van der Waals surface area contributed by atoms with Crippen LogP contribution in [-0.2, 0) is 20.8 Å². The second-order valence-electron chi connectivity index (χ2n) is 12.5. The van der Waals surface area contributed by atoms with Crippen LogP contribution in [0, 0.1) is 69.2 Å². The Morgan fingerprint density at radius 2 is 0.783 bits per heavy atom. The number of benzene rings is 4. The Bertz CT molecular complexity index is 1800. The Hall–Kier alpha value is -2.22. The summed E-state index contributed by atoms with van der Waals surface area (Å²) in [7, 11) is 11.0. The predicted molar refractivity (Wildman–Crippen MR) is 207 cm³/mol. The van der Waals surface area contributed by atoms with Crippen LogP contribution >= 0.6 is 17.0 Å². The van der Waals surface area contributed by atoms with Gasteiger partial charge in [-0.05, 0) is 99.9 Å². The minimum atomic E-state index is -0.826. The molecule has 0 unspecified atom stereocenters. The summed E-state index contributed by atoms with van der Waals surface area (Å²) in [6.45, 7) is 26.4. The molecule has 0 fully saturated rings. The van der Waals surface area contributed by atoms with E-state index in [2.05, 4.69) is 155 Å². The molecule has 0 atom stereocenters. The number of fused-ring (bicyclic) bond motifs is 2. The zero-order valence-corrected chi connectivity index (χ0v) is 34.7. The molecule has 4 heteroatoms. The quantitative estimate of drug-likeness (QED) is 0.122. The SMILES string of the molecule is C[Si]C.Cc1cc2c(-c3ccc(C)c(C)c3C)c(C)ccc2[cH-]1.Cc1cc2c(-c3ccc(C)c(C)c3C)c(C)ccc2[cH-]1.[Cl][Zr+2][Cl]. The van der Waals surface area contributed by atoms with Crippen molar-refractivity contribution in [1.82, 2.24) is 0 Å². The fourth-order valence-corrected chi connectivity index (χ4v) is 6.25. The van der Waals surface area contributed by atoms with Crippen molar-refractivity contribution in [2.24, 2.45) is 0 Å². The van der Waals surface area contributed by atoms with E-state index >= 15 is 0 Å². The van der Waals surface area contributed by atoms with E-state index in [1.54, 1.807) is 0 Å². The van der Waals surface area contributed by atoms with E-state index in [0.29, 0.717) is 0 Å². The van der Waals surface area contributed by atoms with Gasteiger partial charge in [0, 0.05) is 9.52 Å².